The van der Waals surface area contributed by atoms with Crippen molar-refractivity contribution in [2.75, 3.05) is 0 Å². The Morgan fingerprint density at radius 2 is 2.17 bits per heavy atom. The van der Waals surface area contributed by atoms with E-state index < -0.39 is 11.2 Å². The van der Waals surface area contributed by atoms with Gasteiger partial charge in [0.05, 0.1) is 0 Å². The van der Waals surface area contributed by atoms with Gasteiger partial charge >= 0.3 is 0 Å². The number of aryl methyl sites for hydroxylation is 1. The summed E-state index contributed by atoms with van der Waals surface area (Å²) < 4.78 is 12.7. The zero-order valence-corrected chi connectivity index (χ0v) is 6.67. The number of halogens is 1. The van der Waals surface area contributed by atoms with Crippen LogP contribution in [0.15, 0.2) is 23.0 Å². The molecule has 0 unspecified atom stereocenters. The number of hydrogen-bond donors (Lipinski definition) is 1. The Hall–Kier alpha value is -1.38. The molecular formula is C9H9FO2. The van der Waals surface area contributed by atoms with E-state index in [1.165, 1.54) is 0 Å². The number of hydrogen-bond acceptors (Lipinski definition) is 2. The topological polar surface area (TPSA) is 37.3 Å². The van der Waals surface area contributed by atoms with Crippen LogP contribution in [-0.2, 0) is 6.42 Å². The van der Waals surface area contributed by atoms with E-state index in [1.807, 2.05) is 0 Å². The fourth-order valence-electron chi connectivity index (χ4n) is 0.945. The highest BCUT2D eigenvalue weighted by molar-refractivity contribution is 5.30. The van der Waals surface area contributed by atoms with Crippen LogP contribution in [0.5, 0.6) is 5.75 Å². The third-order valence-electron chi connectivity index (χ3n) is 1.62. The first-order valence-corrected chi connectivity index (χ1v) is 3.67. The van der Waals surface area contributed by atoms with Crippen molar-refractivity contribution in [2.24, 2.45) is 0 Å². The number of rotatable bonds is 1. The summed E-state index contributed by atoms with van der Waals surface area (Å²) in [4.78, 5) is 10.9. The van der Waals surface area contributed by atoms with Crippen molar-refractivity contribution in [1.29, 1.82) is 0 Å². The van der Waals surface area contributed by atoms with Gasteiger partial charge in [-0.2, -0.15) is 0 Å². The minimum atomic E-state index is -0.546. The highest BCUT2D eigenvalue weighted by atomic mass is 19.1. The normalized spacial score (nSPS) is 9.83. The van der Waals surface area contributed by atoms with Crippen LogP contribution in [0.3, 0.4) is 0 Å². The van der Waals surface area contributed by atoms with Gasteiger partial charge < -0.3 is 5.11 Å². The second-order valence-corrected chi connectivity index (χ2v) is 2.45. The van der Waals surface area contributed by atoms with Crippen molar-refractivity contribution in [2.45, 2.75) is 13.3 Å². The lowest BCUT2D eigenvalue weighted by atomic mass is 10.2. The van der Waals surface area contributed by atoms with Gasteiger partial charge in [0.25, 0.3) is 0 Å². The molecule has 0 saturated heterocycles. The molecule has 1 aromatic rings. The van der Waals surface area contributed by atoms with Crippen molar-refractivity contribution in [3.63, 3.8) is 0 Å². The molecule has 0 aliphatic carbocycles. The molecule has 12 heavy (non-hydrogen) atoms. The Labute approximate surface area is 69.3 Å². The third kappa shape index (κ3) is 1.61. The Kier molecular flexibility index (Phi) is 2.43. The fourth-order valence-corrected chi connectivity index (χ4v) is 0.945. The SMILES string of the molecule is CCc1cc(F)ccc(=O)c1O. The van der Waals surface area contributed by atoms with Gasteiger partial charge in [-0.15, -0.1) is 0 Å². The van der Waals surface area contributed by atoms with E-state index in [0.717, 1.165) is 18.2 Å². The minimum absolute atomic E-state index is 0.336. The van der Waals surface area contributed by atoms with Gasteiger partial charge in [0.2, 0.25) is 5.43 Å². The average Bonchev–Trinajstić information content (AvgIpc) is 2.18. The van der Waals surface area contributed by atoms with Crippen LogP contribution < -0.4 is 5.43 Å². The Bertz CT molecular complexity index is 347. The van der Waals surface area contributed by atoms with Gasteiger partial charge in [-0.25, -0.2) is 4.39 Å². The standard InChI is InChI=1S/C9H9FO2/c1-2-6-5-7(10)3-4-8(11)9(6)12/h3-5H,2H2,1H3,(H,11,12). The van der Waals surface area contributed by atoms with Gasteiger partial charge in [0.1, 0.15) is 5.82 Å². The molecule has 0 aromatic heterocycles. The molecular weight excluding hydrogens is 159 g/mol. The minimum Gasteiger partial charge on any atom is -0.504 e. The predicted molar refractivity (Wildman–Crippen MR) is 43.7 cm³/mol. The lowest BCUT2D eigenvalue weighted by Crippen LogP contribution is -1.95. The summed E-state index contributed by atoms with van der Waals surface area (Å²) >= 11 is 0. The quantitative estimate of drug-likeness (QED) is 0.689. The molecule has 3 heteroatoms. The van der Waals surface area contributed by atoms with Crippen LogP contribution in [0.25, 0.3) is 0 Å². The van der Waals surface area contributed by atoms with Crippen molar-refractivity contribution < 1.29 is 9.50 Å². The Morgan fingerprint density at radius 3 is 2.75 bits per heavy atom. The highest BCUT2D eigenvalue weighted by Gasteiger charge is 2.02. The van der Waals surface area contributed by atoms with Gasteiger partial charge in [0.15, 0.2) is 5.75 Å². The molecule has 0 aliphatic rings. The van der Waals surface area contributed by atoms with Crippen LogP contribution in [0.4, 0.5) is 4.39 Å². The summed E-state index contributed by atoms with van der Waals surface area (Å²) in [6.07, 6.45) is 0.437. The van der Waals surface area contributed by atoms with E-state index in [2.05, 4.69) is 0 Å². The van der Waals surface area contributed by atoms with Crippen molar-refractivity contribution in [3.8, 4) is 5.75 Å². The predicted octanol–water partition coefficient (Wildman–Crippen LogP) is 1.45. The monoisotopic (exact) mass is 168 g/mol. The molecule has 1 rings (SSSR count). The summed E-state index contributed by atoms with van der Waals surface area (Å²) in [6, 6.07) is 3.22. The first-order valence-electron chi connectivity index (χ1n) is 3.67. The zero-order chi connectivity index (χ0) is 9.14. The summed E-state index contributed by atoms with van der Waals surface area (Å²) in [7, 11) is 0. The number of aromatic hydroxyl groups is 1. The molecule has 1 N–H and O–H groups in total. The van der Waals surface area contributed by atoms with Crippen molar-refractivity contribution in [1.82, 2.24) is 0 Å². The van der Waals surface area contributed by atoms with Crippen LogP contribution in [0.2, 0.25) is 0 Å². The second kappa shape index (κ2) is 3.34. The molecule has 1 aromatic carbocycles. The summed E-state index contributed by atoms with van der Waals surface area (Å²) in [5.74, 6) is -0.870. The molecule has 64 valence electrons. The highest BCUT2D eigenvalue weighted by Crippen LogP contribution is 2.11. The maximum atomic E-state index is 12.7. The van der Waals surface area contributed by atoms with Gasteiger partial charge in [-0.3, -0.25) is 4.79 Å². The first kappa shape index (κ1) is 8.71. The Morgan fingerprint density at radius 1 is 1.50 bits per heavy atom. The summed E-state index contributed by atoms with van der Waals surface area (Å²) in [5.41, 5.74) is -0.210. The van der Waals surface area contributed by atoms with E-state index in [-0.39, 0.29) is 5.75 Å². The zero-order valence-electron chi connectivity index (χ0n) is 6.67. The van der Waals surface area contributed by atoms with Crippen LogP contribution in [0.1, 0.15) is 12.5 Å². The van der Waals surface area contributed by atoms with E-state index in [9.17, 15) is 14.3 Å². The van der Waals surface area contributed by atoms with E-state index in [4.69, 9.17) is 0 Å². The molecule has 0 radical (unpaired) electrons. The van der Waals surface area contributed by atoms with E-state index >= 15 is 0 Å². The third-order valence-corrected chi connectivity index (χ3v) is 1.62. The molecule has 0 amide bonds. The fraction of sp³-hybridized carbons (Fsp3) is 0.222. The van der Waals surface area contributed by atoms with Crippen molar-refractivity contribution >= 4 is 0 Å². The van der Waals surface area contributed by atoms with Crippen LogP contribution in [-0.4, -0.2) is 5.11 Å². The van der Waals surface area contributed by atoms with Gasteiger partial charge in [-0.1, -0.05) is 6.92 Å². The summed E-state index contributed by atoms with van der Waals surface area (Å²) in [6.45, 7) is 1.74. The molecule has 0 aliphatic heterocycles. The smallest absolute Gasteiger partial charge is 0.220 e. The molecule has 0 saturated carbocycles. The van der Waals surface area contributed by atoms with Gasteiger partial charge in [-0.05, 0) is 24.6 Å². The molecule has 0 bridgehead atoms. The molecule has 0 atom stereocenters. The Balaban J connectivity index is 3.50. The van der Waals surface area contributed by atoms with E-state index in [1.54, 1.807) is 6.92 Å². The first-order chi connectivity index (χ1) is 5.65. The average molecular weight is 168 g/mol. The van der Waals surface area contributed by atoms with E-state index in [0.29, 0.717) is 12.0 Å². The molecule has 2 nitrogen and oxygen atoms in total. The second-order valence-electron chi connectivity index (χ2n) is 2.45. The summed E-state index contributed by atoms with van der Waals surface area (Å²) in [5, 5.41) is 9.20. The maximum Gasteiger partial charge on any atom is 0.220 e. The van der Waals surface area contributed by atoms with Crippen LogP contribution in [0, 0.1) is 5.82 Å². The largest absolute Gasteiger partial charge is 0.504 e. The van der Waals surface area contributed by atoms with Gasteiger partial charge in [0, 0.05) is 5.56 Å². The lowest BCUT2D eigenvalue weighted by molar-refractivity contribution is 0.464. The van der Waals surface area contributed by atoms with Crippen LogP contribution >= 0.6 is 0 Å². The molecule has 0 heterocycles. The van der Waals surface area contributed by atoms with Crippen molar-refractivity contribution in [3.05, 3.63) is 39.8 Å². The molecule has 0 spiro atoms. The molecule has 0 fully saturated rings. The lowest BCUT2D eigenvalue weighted by Gasteiger charge is -1.92. The maximum absolute atomic E-state index is 12.7.